The number of hydrogen-bond donors (Lipinski definition) is 1. The number of H-pyrrole nitrogens is 1. The van der Waals surface area contributed by atoms with Crippen molar-refractivity contribution in [3.63, 3.8) is 0 Å². The molecule has 4 heteroatoms. The van der Waals surface area contributed by atoms with Crippen LogP contribution >= 0.6 is 0 Å². The Morgan fingerprint density at radius 2 is 2.25 bits per heavy atom. The van der Waals surface area contributed by atoms with Crippen molar-refractivity contribution < 1.29 is 4.74 Å². The molecular weight excluding hydrogens is 204 g/mol. The number of fused-ring (bicyclic) bond motifs is 1. The molecule has 1 aromatic heterocycles. The molecule has 86 valence electrons. The average molecular weight is 220 g/mol. The molecule has 2 heterocycles. The molecule has 1 atom stereocenters. The molecule has 1 aliphatic heterocycles. The average Bonchev–Trinajstić information content (AvgIpc) is 2.79. The van der Waals surface area contributed by atoms with Gasteiger partial charge in [0.05, 0.1) is 12.3 Å². The van der Waals surface area contributed by atoms with E-state index in [2.05, 4.69) is 9.97 Å². The predicted molar refractivity (Wildman–Crippen MR) is 59.7 cm³/mol. The number of hydrogen-bond acceptors (Lipinski definition) is 3. The molecule has 1 N–H and O–H groups in total. The Balaban J connectivity index is 1.96. The molecule has 0 amide bonds. The number of nitrogens with zero attached hydrogens (tertiary/aromatic N) is 1. The van der Waals surface area contributed by atoms with Gasteiger partial charge in [-0.15, -0.1) is 0 Å². The zero-order valence-electron chi connectivity index (χ0n) is 9.29. The van der Waals surface area contributed by atoms with Crippen molar-refractivity contribution in [3.8, 4) is 0 Å². The van der Waals surface area contributed by atoms with E-state index in [-0.39, 0.29) is 11.5 Å². The lowest BCUT2D eigenvalue weighted by molar-refractivity contribution is 0.0779. The molecular formula is C12H16N2O2. The fourth-order valence-electron chi connectivity index (χ4n) is 2.61. The summed E-state index contributed by atoms with van der Waals surface area (Å²) in [5.74, 6) is 1.12. The summed E-state index contributed by atoms with van der Waals surface area (Å²) in [5, 5.41) is 0. The van der Waals surface area contributed by atoms with Crippen molar-refractivity contribution in [2.45, 2.75) is 38.0 Å². The highest BCUT2D eigenvalue weighted by Gasteiger charge is 2.22. The summed E-state index contributed by atoms with van der Waals surface area (Å²) in [6.07, 6.45) is 5.04. The van der Waals surface area contributed by atoms with Crippen molar-refractivity contribution in [1.82, 2.24) is 9.97 Å². The molecule has 0 bridgehead atoms. The molecule has 1 aromatic rings. The van der Waals surface area contributed by atoms with E-state index in [1.165, 1.54) is 0 Å². The third kappa shape index (κ3) is 1.67. The van der Waals surface area contributed by atoms with Crippen molar-refractivity contribution in [2.24, 2.45) is 0 Å². The second-order valence-electron chi connectivity index (χ2n) is 4.64. The lowest BCUT2D eigenvalue weighted by atomic mass is 10.0. The lowest BCUT2D eigenvalue weighted by Gasteiger charge is -2.21. The first-order valence-corrected chi connectivity index (χ1v) is 6.04. The summed E-state index contributed by atoms with van der Waals surface area (Å²) in [7, 11) is 0. The van der Waals surface area contributed by atoms with Crippen LogP contribution in [-0.2, 0) is 17.6 Å². The van der Waals surface area contributed by atoms with Gasteiger partial charge >= 0.3 is 0 Å². The van der Waals surface area contributed by atoms with E-state index < -0.39 is 0 Å². The number of aryl methyl sites for hydroxylation is 1. The van der Waals surface area contributed by atoms with Gasteiger partial charge in [0.1, 0.15) is 5.82 Å². The first-order valence-electron chi connectivity index (χ1n) is 6.04. The van der Waals surface area contributed by atoms with Gasteiger partial charge in [-0.25, -0.2) is 4.98 Å². The normalized spacial score (nSPS) is 24.4. The van der Waals surface area contributed by atoms with Crippen LogP contribution in [0.15, 0.2) is 4.79 Å². The van der Waals surface area contributed by atoms with Crippen LogP contribution in [0.5, 0.6) is 0 Å². The molecule has 1 aliphatic carbocycles. The van der Waals surface area contributed by atoms with Gasteiger partial charge in [0.25, 0.3) is 5.56 Å². The maximum atomic E-state index is 11.8. The van der Waals surface area contributed by atoms with E-state index in [4.69, 9.17) is 4.74 Å². The molecule has 2 aliphatic rings. The third-order valence-corrected chi connectivity index (χ3v) is 3.51. The van der Waals surface area contributed by atoms with Gasteiger partial charge in [0.15, 0.2) is 0 Å². The highest BCUT2D eigenvalue weighted by molar-refractivity contribution is 5.23. The highest BCUT2D eigenvalue weighted by Crippen LogP contribution is 2.24. The molecule has 0 aromatic carbocycles. The minimum atomic E-state index is 0.0723. The monoisotopic (exact) mass is 220 g/mol. The van der Waals surface area contributed by atoms with E-state index in [1.807, 2.05) is 0 Å². The van der Waals surface area contributed by atoms with E-state index in [1.54, 1.807) is 0 Å². The summed E-state index contributed by atoms with van der Waals surface area (Å²) in [6, 6.07) is 0. The Morgan fingerprint density at radius 1 is 1.31 bits per heavy atom. The Hall–Kier alpha value is -1.16. The van der Waals surface area contributed by atoms with E-state index in [0.29, 0.717) is 6.61 Å². The molecule has 1 unspecified atom stereocenters. The fraction of sp³-hybridized carbons (Fsp3) is 0.667. The molecule has 0 saturated carbocycles. The topological polar surface area (TPSA) is 55.0 Å². The summed E-state index contributed by atoms with van der Waals surface area (Å²) >= 11 is 0. The largest absolute Gasteiger partial charge is 0.381 e. The quantitative estimate of drug-likeness (QED) is 0.772. The maximum absolute atomic E-state index is 11.8. The van der Waals surface area contributed by atoms with E-state index in [9.17, 15) is 4.79 Å². The van der Waals surface area contributed by atoms with Crippen LogP contribution in [0.1, 0.15) is 42.3 Å². The third-order valence-electron chi connectivity index (χ3n) is 3.51. The first kappa shape index (κ1) is 10.0. The van der Waals surface area contributed by atoms with Crippen molar-refractivity contribution in [1.29, 1.82) is 0 Å². The van der Waals surface area contributed by atoms with Crippen LogP contribution in [0.4, 0.5) is 0 Å². The van der Waals surface area contributed by atoms with Crippen LogP contribution in [0.3, 0.4) is 0 Å². The SMILES string of the molecule is O=c1[nH]c(C2CCCOC2)nc2c1CCC2. The molecule has 1 fully saturated rings. The molecule has 0 spiro atoms. The van der Waals surface area contributed by atoms with Gasteiger partial charge in [0, 0.05) is 18.1 Å². The molecule has 0 radical (unpaired) electrons. The van der Waals surface area contributed by atoms with Gasteiger partial charge < -0.3 is 9.72 Å². The molecule has 1 saturated heterocycles. The van der Waals surface area contributed by atoms with E-state index >= 15 is 0 Å². The van der Waals surface area contributed by atoms with Crippen molar-refractivity contribution in [2.75, 3.05) is 13.2 Å². The number of aromatic nitrogens is 2. The van der Waals surface area contributed by atoms with Crippen LogP contribution in [0.2, 0.25) is 0 Å². The Morgan fingerprint density at radius 3 is 3.06 bits per heavy atom. The molecule has 16 heavy (non-hydrogen) atoms. The minimum absolute atomic E-state index is 0.0723. The Bertz CT molecular complexity index is 447. The standard InChI is InChI=1S/C12H16N2O2/c15-12-9-4-1-5-10(9)13-11(14-12)8-3-2-6-16-7-8/h8H,1-7H2,(H,13,14,15). The smallest absolute Gasteiger partial charge is 0.254 e. The van der Waals surface area contributed by atoms with Gasteiger partial charge in [-0.3, -0.25) is 4.79 Å². The van der Waals surface area contributed by atoms with Crippen molar-refractivity contribution >= 4 is 0 Å². The minimum Gasteiger partial charge on any atom is -0.381 e. The zero-order valence-corrected chi connectivity index (χ0v) is 9.29. The van der Waals surface area contributed by atoms with Crippen LogP contribution in [0.25, 0.3) is 0 Å². The Kier molecular flexibility index (Phi) is 2.52. The van der Waals surface area contributed by atoms with E-state index in [0.717, 1.165) is 55.8 Å². The second kappa shape index (κ2) is 4.01. The molecule has 4 nitrogen and oxygen atoms in total. The predicted octanol–water partition coefficient (Wildman–Crippen LogP) is 1.15. The van der Waals surface area contributed by atoms with Crippen LogP contribution in [-0.4, -0.2) is 23.2 Å². The van der Waals surface area contributed by atoms with Crippen LogP contribution in [0, 0.1) is 0 Å². The number of nitrogens with one attached hydrogen (secondary N) is 1. The maximum Gasteiger partial charge on any atom is 0.254 e. The van der Waals surface area contributed by atoms with Gasteiger partial charge in [-0.2, -0.15) is 0 Å². The Labute approximate surface area is 94.1 Å². The number of rotatable bonds is 1. The number of aromatic amines is 1. The fourth-order valence-corrected chi connectivity index (χ4v) is 2.61. The summed E-state index contributed by atoms with van der Waals surface area (Å²) < 4.78 is 5.43. The summed E-state index contributed by atoms with van der Waals surface area (Å²) in [6.45, 7) is 1.54. The van der Waals surface area contributed by atoms with Crippen LogP contribution < -0.4 is 5.56 Å². The first-order chi connectivity index (χ1) is 7.84. The van der Waals surface area contributed by atoms with Gasteiger partial charge in [-0.05, 0) is 32.1 Å². The summed E-state index contributed by atoms with van der Waals surface area (Å²) in [5.41, 5.74) is 1.99. The lowest BCUT2D eigenvalue weighted by Crippen LogP contribution is -2.23. The highest BCUT2D eigenvalue weighted by atomic mass is 16.5. The van der Waals surface area contributed by atoms with Gasteiger partial charge in [0.2, 0.25) is 0 Å². The van der Waals surface area contributed by atoms with Gasteiger partial charge in [-0.1, -0.05) is 0 Å². The second-order valence-corrected chi connectivity index (χ2v) is 4.64. The summed E-state index contributed by atoms with van der Waals surface area (Å²) in [4.78, 5) is 19.4. The zero-order chi connectivity index (χ0) is 11.0. The van der Waals surface area contributed by atoms with Crippen molar-refractivity contribution in [3.05, 3.63) is 27.4 Å². The molecule has 3 rings (SSSR count). The number of ether oxygens (including phenoxy) is 1.